The van der Waals surface area contributed by atoms with Gasteiger partial charge in [0.15, 0.2) is 5.78 Å². The Morgan fingerprint density at radius 1 is 0.737 bits per heavy atom. The second-order valence-electron chi connectivity index (χ2n) is 3.44. The van der Waals surface area contributed by atoms with Crippen molar-refractivity contribution < 1.29 is 13.2 Å². The van der Waals surface area contributed by atoms with Crippen molar-refractivity contribution in [2.45, 2.75) is 0 Å². The van der Waals surface area contributed by atoms with Gasteiger partial charge in [-0.1, -0.05) is 60.7 Å². The van der Waals surface area contributed by atoms with Crippen LogP contribution in [0.2, 0.25) is 0 Å². The number of ketones is 1. The van der Waals surface area contributed by atoms with Crippen LogP contribution in [0.1, 0.15) is 15.9 Å². The summed E-state index contributed by atoms with van der Waals surface area (Å²) in [5.41, 5.74) is 1.47. The largest absolute Gasteiger partial charge is 0.317 e. The summed E-state index contributed by atoms with van der Waals surface area (Å²) in [6.45, 7) is 0. The van der Waals surface area contributed by atoms with E-state index in [-0.39, 0.29) is 5.78 Å². The first kappa shape index (κ1) is 15.7. The van der Waals surface area contributed by atoms with Gasteiger partial charge in [-0.3, -0.25) is 4.79 Å². The van der Waals surface area contributed by atoms with Crippen LogP contribution in [0, 0.1) is 0 Å². The maximum atomic E-state index is 11.8. The Morgan fingerprint density at radius 3 is 1.26 bits per heavy atom. The molecule has 0 N–H and O–H groups in total. The number of rotatable bonds is 2. The Labute approximate surface area is 120 Å². The number of hydrogen-bond acceptors (Lipinski definition) is 3. The van der Waals surface area contributed by atoms with E-state index in [9.17, 15) is 4.79 Å². The predicted molar refractivity (Wildman–Crippen MR) is 76.9 cm³/mol. The second kappa shape index (κ2) is 7.28. The first-order valence-corrected chi connectivity index (χ1v) is 8.30. The van der Waals surface area contributed by atoms with E-state index < -0.39 is 8.26 Å². The molecule has 100 valence electrons. The SMILES string of the molecule is O=C(c1ccccc1)c1ccccc1.O=S(=O)(Cl)Cl. The van der Waals surface area contributed by atoms with Crippen molar-refractivity contribution >= 4 is 35.4 Å². The summed E-state index contributed by atoms with van der Waals surface area (Å²) in [6.07, 6.45) is 0. The van der Waals surface area contributed by atoms with Crippen LogP contribution in [-0.2, 0) is 8.26 Å². The number of carbonyl (C=O) groups is 1. The standard InChI is InChI=1S/C13H10O.Cl2O2S/c14-13(11-7-3-1-4-8-11)12-9-5-2-6-10-12;1-5(2,3)4/h1-10H;. The quantitative estimate of drug-likeness (QED) is 0.628. The minimum atomic E-state index is -3.72. The molecular weight excluding hydrogens is 307 g/mol. The normalized spacial score (nSPS) is 10.2. The van der Waals surface area contributed by atoms with Crippen molar-refractivity contribution in [1.82, 2.24) is 0 Å². The van der Waals surface area contributed by atoms with Gasteiger partial charge in [0.25, 0.3) is 0 Å². The highest BCUT2D eigenvalue weighted by Crippen LogP contribution is 2.08. The third-order valence-electron chi connectivity index (χ3n) is 2.07. The smallest absolute Gasteiger partial charge is 0.289 e. The molecule has 0 amide bonds. The van der Waals surface area contributed by atoms with Crippen molar-refractivity contribution in [3.05, 3.63) is 71.8 Å². The van der Waals surface area contributed by atoms with E-state index in [1.54, 1.807) is 0 Å². The fourth-order valence-corrected chi connectivity index (χ4v) is 1.35. The maximum Gasteiger partial charge on any atom is 0.317 e. The molecule has 6 heteroatoms. The molecule has 0 aliphatic rings. The molecule has 2 aromatic rings. The van der Waals surface area contributed by atoms with Gasteiger partial charge in [-0.25, -0.2) is 0 Å². The summed E-state index contributed by atoms with van der Waals surface area (Å²) < 4.78 is 18.3. The first-order valence-electron chi connectivity index (χ1n) is 5.17. The predicted octanol–water partition coefficient (Wildman–Crippen LogP) is 3.63. The monoisotopic (exact) mass is 316 g/mol. The lowest BCUT2D eigenvalue weighted by atomic mass is 10.0. The lowest BCUT2D eigenvalue weighted by Crippen LogP contribution is -1.99. The lowest BCUT2D eigenvalue weighted by Gasteiger charge is -1.99. The molecule has 0 unspecified atom stereocenters. The van der Waals surface area contributed by atoms with Gasteiger partial charge in [0.2, 0.25) is 0 Å². The lowest BCUT2D eigenvalue weighted by molar-refractivity contribution is 0.103. The number of hydrogen-bond donors (Lipinski definition) is 0. The fourth-order valence-electron chi connectivity index (χ4n) is 1.35. The topological polar surface area (TPSA) is 51.2 Å². The van der Waals surface area contributed by atoms with Crippen molar-refractivity contribution in [1.29, 1.82) is 0 Å². The maximum absolute atomic E-state index is 11.8. The van der Waals surface area contributed by atoms with Gasteiger partial charge in [0, 0.05) is 32.5 Å². The Bertz CT molecular complexity index is 576. The van der Waals surface area contributed by atoms with E-state index in [0.29, 0.717) is 0 Å². The van der Waals surface area contributed by atoms with Crippen LogP contribution in [0.25, 0.3) is 0 Å². The van der Waals surface area contributed by atoms with Gasteiger partial charge in [-0.15, -0.1) is 0 Å². The molecule has 19 heavy (non-hydrogen) atoms. The summed E-state index contributed by atoms with van der Waals surface area (Å²) in [5.74, 6) is 0.0752. The molecule has 2 rings (SSSR count). The van der Waals surface area contributed by atoms with Crippen LogP contribution < -0.4 is 0 Å². The Balaban J connectivity index is 0.000000312. The Kier molecular flexibility index (Phi) is 6.02. The van der Waals surface area contributed by atoms with Gasteiger partial charge < -0.3 is 0 Å². The zero-order valence-corrected chi connectivity index (χ0v) is 12.0. The summed E-state index contributed by atoms with van der Waals surface area (Å²) in [6, 6.07) is 18.6. The zero-order valence-electron chi connectivity index (χ0n) is 9.66. The number of benzene rings is 2. The first-order chi connectivity index (χ1) is 8.88. The van der Waals surface area contributed by atoms with E-state index >= 15 is 0 Å². The van der Waals surface area contributed by atoms with Gasteiger partial charge in [0.1, 0.15) is 0 Å². The fraction of sp³-hybridized carbons (Fsp3) is 0. The van der Waals surface area contributed by atoms with Crippen LogP contribution in [0.15, 0.2) is 60.7 Å². The Hall–Kier alpha value is -1.36. The molecule has 0 atom stereocenters. The molecule has 0 heterocycles. The van der Waals surface area contributed by atoms with E-state index in [1.165, 1.54) is 0 Å². The van der Waals surface area contributed by atoms with Crippen LogP contribution in [0.4, 0.5) is 0 Å². The molecule has 2 aromatic carbocycles. The minimum absolute atomic E-state index is 0.0752. The number of halogens is 2. The molecule has 0 saturated carbocycles. The van der Waals surface area contributed by atoms with E-state index in [2.05, 4.69) is 21.4 Å². The Morgan fingerprint density at radius 2 is 1.00 bits per heavy atom. The van der Waals surface area contributed by atoms with Crippen LogP contribution in [0.5, 0.6) is 0 Å². The second-order valence-corrected chi connectivity index (χ2v) is 7.11. The van der Waals surface area contributed by atoms with Gasteiger partial charge in [-0.05, 0) is 0 Å². The van der Waals surface area contributed by atoms with Gasteiger partial charge >= 0.3 is 8.26 Å². The van der Waals surface area contributed by atoms with Crippen molar-refractivity contribution in [3.63, 3.8) is 0 Å². The van der Waals surface area contributed by atoms with Crippen molar-refractivity contribution in [2.24, 2.45) is 0 Å². The van der Waals surface area contributed by atoms with Gasteiger partial charge in [-0.2, -0.15) is 8.42 Å². The molecule has 0 spiro atoms. The average Bonchev–Trinajstić information content (AvgIpc) is 2.38. The number of carbonyl (C=O) groups excluding carboxylic acids is 1. The average molecular weight is 317 g/mol. The summed E-state index contributed by atoms with van der Waals surface area (Å²) in [7, 11) is 4.81. The molecule has 0 aliphatic heterocycles. The molecule has 0 aromatic heterocycles. The highest BCUT2D eigenvalue weighted by molar-refractivity contribution is 8.31. The van der Waals surface area contributed by atoms with Gasteiger partial charge in [0.05, 0.1) is 0 Å². The molecule has 0 fully saturated rings. The highest BCUT2D eigenvalue weighted by Gasteiger charge is 2.06. The van der Waals surface area contributed by atoms with Crippen LogP contribution >= 0.6 is 21.4 Å². The van der Waals surface area contributed by atoms with Crippen molar-refractivity contribution in [2.75, 3.05) is 0 Å². The molecular formula is C13H10Cl2O3S. The molecule has 0 bridgehead atoms. The third-order valence-corrected chi connectivity index (χ3v) is 2.07. The van der Waals surface area contributed by atoms with E-state index in [0.717, 1.165) is 11.1 Å². The summed E-state index contributed by atoms with van der Waals surface area (Å²) in [5, 5.41) is 0. The summed E-state index contributed by atoms with van der Waals surface area (Å²) in [4.78, 5) is 11.8. The molecule has 0 aliphatic carbocycles. The minimum Gasteiger partial charge on any atom is -0.289 e. The third kappa shape index (κ3) is 6.96. The summed E-state index contributed by atoms with van der Waals surface area (Å²) >= 11 is 0. The van der Waals surface area contributed by atoms with Crippen LogP contribution in [-0.4, -0.2) is 14.2 Å². The molecule has 3 nitrogen and oxygen atoms in total. The van der Waals surface area contributed by atoms with E-state index in [1.807, 2.05) is 60.7 Å². The highest BCUT2D eigenvalue weighted by atomic mass is 36.0. The zero-order chi connectivity index (χ0) is 14.3. The van der Waals surface area contributed by atoms with Crippen LogP contribution in [0.3, 0.4) is 0 Å². The van der Waals surface area contributed by atoms with E-state index in [4.69, 9.17) is 8.42 Å². The molecule has 0 saturated heterocycles. The molecule has 0 radical (unpaired) electrons. The van der Waals surface area contributed by atoms with Crippen molar-refractivity contribution in [3.8, 4) is 0 Å².